The highest BCUT2D eigenvalue weighted by Gasteiger charge is 2.31. The van der Waals surface area contributed by atoms with E-state index in [9.17, 15) is 17.6 Å². The smallest absolute Gasteiger partial charge is 0.364 e. The zero-order valence-corrected chi connectivity index (χ0v) is 15.8. The second-order valence-electron chi connectivity index (χ2n) is 7.38. The van der Waals surface area contributed by atoms with Crippen molar-refractivity contribution < 1.29 is 17.6 Å². The summed E-state index contributed by atoms with van der Waals surface area (Å²) in [6, 6.07) is 9.94. The molecule has 29 heavy (non-hydrogen) atoms. The highest BCUT2D eigenvalue weighted by molar-refractivity contribution is 6.00. The Morgan fingerprint density at radius 1 is 1.07 bits per heavy atom. The average Bonchev–Trinajstić information content (AvgIpc) is 2.68. The van der Waals surface area contributed by atoms with Crippen molar-refractivity contribution in [3.8, 4) is 11.3 Å². The van der Waals surface area contributed by atoms with E-state index < -0.39 is 17.6 Å². The lowest BCUT2D eigenvalue weighted by molar-refractivity contribution is -0.137. The third kappa shape index (κ3) is 4.03. The van der Waals surface area contributed by atoms with Gasteiger partial charge in [0.15, 0.2) is 5.82 Å². The molecule has 1 aliphatic heterocycles. The molecule has 1 atom stereocenters. The number of benzene rings is 2. The summed E-state index contributed by atoms with van der Waals surface area (Å²) >= 11 is 0. The topological polar surface area (TPSA) is 41.0 Å². The molecular formula is C21H20F4N4. The number of nitrogens with one attached hydrogen (secondary N) is 1. The van der Waals surface area contributed by atoms with Crippen molar-refractivity contribution in [2.45, 2.75) is 25.1 Å². The van der Waals surface area contributed by atoms with Gasteiger partial charge >= 0.3 is 6.18 Å². The number of rotatable bonds is 3. The number of anilines is 1. The van der Waals surface area contributed by atoms with Crippen LogP contribution in [0, 0.1) is 5.82 Å². The number of likely N-dealkylation sites (tertiary alicyclic amines) is 1. The Kier molecular flexibility index (Phi) is 5.12. The van der Waals surface area contributed by atoms with Crippen LogP contribution in [0.2, 0.25) is 0 Å². The van der Waals surface area contributed by atoms with Crippen LogP contribution in [0.15, 0.2) is 42.5 Å². The first-order valence-electron chi connectivity index (χ1n) is 9.40. The van der Waals surface area contributed by atoms with Gasteiger partial charge in [-0.1, -0.05) is 24.3 Å². The minimum atomic E-state index is -4.60. The Bertz CT molecular complexity index is 1030. The summed E-state index contributed by atoms with van der Waals surface area (Å²) in [5.74, 6) is -0.383. The molecule has 1 N–H and O–H groups in total. The van der Waals surface area contributed by atoms with E-state index in [4.69, 9.17) is 0 Å². The first kappa shape index (κ1) is 19.6. The third-order valence-corrected chi connectivity index (χ3v) is 5.20. The lowest BCUT2D eigenvalue weighted by Gasteiger charge is -2.30. The van der Waals surface area contributed by atoms with E-state index in [1.807, 2.05) is 12.1 Å². The van der Waals surface area contributed by atoms with E-state index in [1.54, 1.807) is 12.1 Å². The van der Waals surface area contributed by atoms with E-state index in [0.717, 1.165) is 43.5 Å². The van der Waals surface area contributed by atoms with Crippen LogP contribution >= 0.6 is 0 Å². The zero-order chi connectivity index (χ0) is 20.6. The summed E-state index contributed by atoms with van der Waals surface area (Å²) in [6.45, 7) is 1.93. The van der Waals surface area contributed by atoms with Crippen molar-refractivity contribution in [1.29, 1.82) is 0 Å². The molecule has 4 rings (SSSR count). The van der Waals surface area contributed by atoms with Crippen LogP contribution in [0.4, 0.5) is 23.4 Å². The van der Waals surface area contributed by atoms with E-state index in [-0.39, 0.29) is 17.3 Å². The molecule has 0 radical (unpaired) electrons. The number of hydrogen-bond donors (Lipinski definition) is 1. The maximum Gasteiger partial charge on any atom is 0.416 e. The molecule has 0 unspecified atom stereocenters. The molecular weight excluding hydrogens is 384 g/mol. The van der Waals surface area contributed by atoms with Crippen LogP contribution in [-0.4, -0.2) is 41.3 Å². The Morgan fingerprint density at radius 2 is 1.83 bits per heavy atom. The third-order valence-electron chi connectivity index (χ3n) is 5.20. The van der Waals surface area contributed by atoms with Gasteiger partial charge in [-0.15, -0.1) is 10.2 Å². The first-order valence-corrected chi connectivity index (χ1v) is 9.40. The number of fused-ring (bicyclic) bond motifs is 1. The highest BCUT2D eigenvalue weighted by Crippen LogP contribution is 2.35. The van der Waals surface area contributed by atoms with Crippen LogP contribution in [0.5, 0.6) is 0 Å². The maximum atomic E-state index is 14.5. The van der Waals surface area contributed by atoms with Crippen LogP contribution in [0.3, 0.4) is 0 Å². The van der Waals surface area contributed by atoms with Crippen molar-refractivity contribution in [3.05, 3.63) is 53.8 Å². The van der Waals surface area contributed by atoms with Gasteiger partial charge in [0.25, 0.3) is 0 Å². The molecule has 0 bridgehead atoms. The SMILES string of the molecule is CN1CCC[C@@H](Nc2nnc(-c3ccc(C(F)(F)F)cc3F)c3ccccc23)C1. The number of halogens is 4. The summed E-state index contributed by atoms with van der Waals surface area (Å²) in [5, 5.41) is 13.2. The van der Waals surface area contributed by atoms with Gasteiger partial charge in [0.1, 0.15) is 11.5 Å². The molecule has 1 aliphatic rings. The van der Waals surface area contributed by atoms with Gasteiger partial charge in [-0.2, -0.15) is 13.2 Å². The van der Waals surface area contributed by atoms with Gasteiger partial charge in [-0.05, 0) is 44.6 Å². The fraction of sp³-hybridized carbons (Fsp3) is 0.333. The predicted molar refractivity (Wildman–Crippen MR) is 104 cm³/mol. The van der Waals surface area contributed by atoms with Gasteiger partial charge in [0.2, 0.25) is 0 Å². The lowest BCUT2D eigenvalue weighted by atomic mass is 10.0. The van der Waals surface area contributed by atoms with Crippen LogP contribution in [-0.2, 0) is 6.18 Å². The fourth-order valence-electron chi connectivity index (χ4n) is 3.77. The minimum Gasteiger partial charge on any atom is -0.364 e. The number of nitrogens with zero attached hydrogens (tertiary/aromatic N) is 3. The van der Waals surface area contributed by atoms with Gasteiger partial charge in [-0.25, -0.2) is 4.39 Å². The van der Waals surface area contributed by atoms with Crippen molar-refractivity contribution >= 4 is 16.6 Å². The molecule has 0 spiro atoms. The van der Waals surface area contributed by atoms with Gasteiger partial charge < -0.3 is 10.2 Å². The second kappa shape index (κ2) is 7.59. The molecule has 0 saturated carbocycles. The Hall–Kier alpha value is -2.74. The van der Waals surface area contributed by atoms with E-state index in [1.165, 1.54) is 0 Å². The van der Waals surface area contributed by atoms with Gasteiger partial charge in [0, 0.05) is 28.9 Å². The Morgan fingerprint density at radius 3 is 2.52 bits per heavy atom. The molecule has 152 valence electrons. The molecule has 1 saturated heterocycles. The normalized spacial score (nSPS) is 18.2. The van der Waals surface area contributed by atoms with Crippen LogP contribution in [0.1, 0.15) is 18.4 Å². The molecule has 4 nitrogen and oxygen atoms in total. The Balaban J connectivity index is 1.74. The number of hydrogen-bond acceptors (Lipinski definition) is 4. The number of piperidine rings is 1. The summed E-state index contributed by atoms with van der Waals surface area (Å²) in [4.78, 5) is 2.24. The molecule has 1 fully saturated rings. The molecule has 2 aromatic carbocycles. The lowest BCUT2D eigenvalue weighted by Crippen LogP contribution is -2.40. The van der Waals surface area contributed by atoms with E-state index in [2.05, 4.69) is 27.5 Å². The van der Waals surface area contributed by atoms with Crippen molar-refractivity contribution in [2.75, 3.05) is 25.5 Å². The van der Waals surface area contributed by atoms with Gasteiger partial charge in [-0.3, -0.25) is 0 Å². The zero-order valence-electron chi connectivity index (χ0n) is 15.8. The summed E-state index contributed by atoms with van der Waals surface area (Å²) in [5.41, 5.74) is -0.820. The summed E-state index contributed by atoms with van der Waals surface area (Å²) in [6.07, 6.45) is -2.52. The summed E-state index contributed by atoms with van der Waals surface area (Å²) < 4.78 is 53.1. The number of likely N-dealkylation sites (N-methyl/N-ethyl adjacent to an activating group) is 1. The molecule has 0 amide bonds. The molecule has 8 heteroatoms. The molecule has 2 heterocycles. The quantitative estimate of drug-likeness (QED) is 0.627. The summed E-state index contributed by atoms with van der Waals surface area (Å²) in [7, 11) is 2.06. The minimum absolute atomic E-state index is 0.00866. The molecule has 0 aliphatic carbocycles. The fourth-order valence-corrected chi connectivity index (χ4v) is 3.77. The predicted octanol–water partition coefficient (Wildman–Crippen LogP) is 4.96. The maximum absolute atomic E-state index is 14.5. The monoisotopic (exact) mass is 404 g/mol. The van der Waals surface area contributed by atoms with E-state index in [0.29, 0.717) is 17.3 Å². The van der Waals surface area contributed by atoms with Crippen molar-refractivity contribution in [3.63, 3.8) is 0 Å². The Labute approximate surface area is 165 Å². The molecule has 3 aromatic rings. The number of aromatic nitrogens is 2. The second-order valence-corrected chi connectivity index (χ2v) is 7.38. The number of alkyl halides is 3. The standard InChI is InChI=1S/C21H20F4N4/c1-29-10-4-5-14(12-29)26-20-16-7-3-2-6-15(16)19(27-28-20)17-9-8-13(11-18(17)22)21(23,24)25/h2-3,6-9,11,14H,4-5,10,12H2,1H3,(H,26,28)/t14-/m1/s1. The van der Waals surface area contributed by atoms with Crippen molar-refractivity contribution in [1.82, 2.24) is 15.1 Å². The highest BCUT2D eigenvalue weighted by atomic mass is 19.4. The van der Waals surface area contributed by atoms with Crippen molar-refractivity contribution in [2.24, 2.45) is 0 Å². The van der Waals surface area contributed by atoms with Gasteiger partial charge in [0.05, 0.1) is 5.56 Å². The molecule has 1 aromatic heterocycles. The average molecular weight is 404 g/mol. The van der Waals surface area contributed by atoms with Crippen LogP contribution < -0.4 is 5.32 Å². The van der Waals surface area contributed by atoms with Crippen LogP contribution in [0.25, 0.3) is 22.0 Å². The largest absolute Gasteiger partial charge is 0.416 e. The van der Waals surface area contributed by atoms with E-state index >= 15 is 0 Å². The first-order chi connectivity index (χ1) is 13.8.